The van der Waals surface area contributed by atoms with Crippen LogP contribution < -0.4 is 5.73 Å². The summed E-state index contributed by atoms with van der Waals surface area (Å²) in [6.07, 6.45) is 12.8. The average Bonchev–Trinajstić information content (AvgIpc) is 1.97. The summed E-state index contributed by atoms with van der Waals surface area (Å²) in [4.78, 5) is 0. The molecule has 0 aliphatic heterocycles. The summed E-state index contributed by atoms with van der Waals surface area (Å²) in [5, 5.41) is 0. The van der Waals surface area contributed by atoms with Gasteiger partial charge < -0.3 is 5.73 Å². The van der Waals surface area contributed by atoms with Gasteiger partial charge in [0.15, 0.2) is 0 Å². The summed E-state index contributed by atoms with van der Waals surface area (Å²) in [5.41, 5.74) is 5.67. The number of rotatable bonds is 1. The van der Waals surface area contributed by atoms with Crippen molar-refractivity contribution in [1.82, 2.24) is 0 Å². The van der Waals surface area contributed by atoms with Gasteiger partial charge in [-0.3, -0.25) is 0 Å². The van der Waals surface area contributed by atoms with Crippen LogP contribution in [0.3, 0.4) is 0 Å². The van der Waals surface area contributed by atoms with Gasteiger partial charge in [-0.05, 0) is 29.0 Å². The SMILES string of the molecule is C#CCC1(N)C=CC(I)=CC1. The summed E-state index contributed by atoms with van der Waals surface area (Å²) in [6.45, 7) is 0. The fraction of sp³-hybridized carbons (Fsp3) is 0.333. The minimum Gasteiger partial charge on any atom is -0.321 e. The fourth-order valence-corrected chi connectivity index (χ4v) is 1.39. The van der Waals surface area contributed by atoms with Gasteiger partial charge in [-0.15, -0.1) is 12.3 Å². The standard InChI is InChI=1S/C9H10IN/c1-2-5-9(11)6-3-8(10)4-7-9/h1,3-4,6H,5,7,11H2. The van der Waals surface area contributed by atoms with Crippen molar-refractivity contribution >= 4 is 22.6 Å². The zero-order chi connectivity index (χ0) is 8.32. The summed E-state index contributed by atoms with van der Waals surface area (Å²) >= 11 is 2.27. The van der Waals surface area contributed by atoms with Gasteiger partial charge in [0.2, 0.25) is 0 Å². The summed E-state index contributed by atoms with van der Waals surface area (Å²) in [6, 6.07) is 0. The largest absolute Gasteiger partial charge is 0.321 e. The number of nitrogens with two attached hydrogens (primary N) is 1. The second-order valence-corrected chi connectivity index (χ2v) is 3.99. The Hall–Kier alpha value is -0.270. The third-order valence-corrected chi connectivity index (χ3v) is 2.48. The second kappa shape index (κ2) is 3.42. The highest BCUT2D eigenvalue weighted by molar-refractivity contribution is 14.1. The first-order valence-corrected chi connectivity index (χ1v) is 4.51. The summed E-state index contributed by atoms with van der Waals surface area (Å²) < 4.78 is 1.24. The molecule has 0 aromatic carbocycles. The van der Waals surface area contributed by atoms with Crippen molar-refractivity contribution in [3.63, 3.8) is 0 Å². The molecule has 0 amide bonds. The molecule has 0 saturated heterocycles. The van der Waals surface area contributed by atoms with E-state index >= 15 is 0 Å². The molecule has 1 atom stereocenters. The molecule has 0 aromatic rings. The van der Waals surface area contributed by atoms with Crippen molar-refractivity contribution in [1.29, 1.82) is 0 Å². The normalized spacial score (nSPS) is 29.4. The van der Waals surface area contributed by atoms with Gasteiger partial charge in [-0.25, -0.2) is 0 Å². The predicted molar refractivity (Wildman–Crippen MR) is 56.2 cm³/mol. The smallest absolute Gasteiger partial charge is 0.0488 e. The van der Waals surface area contributed by atoms with Crippen LogP contribution in [0.25, 0.3) is 0 Å². The molecule has 0 fully saturated rings. The van der Waals surface area contributed by atoms with Crippen LogP contribution in [0.4, 0.5) is 0 Å². The number of terminal acetylenes is 1. The molecular weight excluding hydrogens is 249 g/mol. The number of hydrogen-bond donors (Lipinski definition) is 1. The Morgan fingerprint density at radius 1 is 1.82 bits per heavy atom. The maximum atomic E-state index is 5.95. The predicted octanol–water partition coefficient (Wildman–Crippen LogP) is 1.99. The van der Waals surface area contributed by atoms with Gasteiger partial charge in [0.25, 0.3) is 0 Å². The lowest BCUT2D eigenvalue weighted by atomic mass is 9.89. The highest BCUT2D eigenvalue weighted by Crippen LogP contribution is 2.24. The zero-order valence-electron chi connectivity index (χ0n) is 6.18. The molecule has 0 aromatic heterocycles. The van der Waals surface area contributed by atoms with Crippen LogP contribution in [0.15, 0.2) is 21.8 Å². The van der Waals surface area contributed by atoms with Gasteiger partial charge in [-0.1, -0.05) is 18.2 Å². The zero-order valence-corrected chi connectivity index (χ0v) is 8.34. The first-order valence-electron chi connectivity index (χ1n) is 3.43. The molecular formula is C9H10IN. The summed E-state index contributed by atoms with van der Waals surface area (Å²) in [7, 11) is 0. The molecule has 1 aliphatic carbocycles. The molecule has 58 valence electrons. The highest BCUT2D eigenvalue weighted by atomic mass is 127. The van der Waals surface area contributed by atoms with Gasteiger partial charge in [-0.2, -0.15) is 0 Å². The van der Waals surface area contributed by atoms with E-state index in [2.05, 4.69) is 34.6 Å². The Balaban J connectivity index is 2.68. The first-order chi connectivity index (χ1) is 5.16. The molecule has 0 radical (unpaired) electrons. The maximum absolute atomic E-state index is 5.95. The van der Waals surface area contributed by atoms with Gasteiger partial charge in [0.1, 0.15) is 0 Å². The van der Waals surface area contributed by atoms with Crippen molar-refractivity contribution in [2.75, 3.05) is 0 Å². The van der Waals surface area contributed by atoms with Crippen molar-refractivity contribution in [3.05, 3.63) is 21.8 Å². The molecule has 2 heteroatoms. The topological polar surface area (TPSA) is 26.0 Å². The Labute approximate surface area is 80.9 Å². The van der Waals surface area contributed by atoms with Crippen LogP contribution >= 0.6 is 22.6 Å². The van der Waals surface area contributed by atoms with E-state index in [1.807, 2.05) is 12.2 Å². The van der Waals surface area contributed by atoms with Crippen LogP contribution in [0.5, 0.6) is 0 Å². The Kier molecular flexibility index (Phi) is 2.74. The fourth-order valence-electron chi connectivity index (χ4n) is 0.990. The third-order valence-electron chi connectivity index (χ3n) is 1.68. The highest BCUT2D eigenvalue weighted by Gasteiger charge is 2.20. The molecule has 0 heterocycles. The van der Waals surface area contributed by atoms with E-state index in [0.29, 0.717) is 6.42 Å². The van der Waals surface area contributed by atoms with Crippen molar-refractivity contribution < 1.29 is 0 Å². The Bertz CT molecular complexity index is 247. The minimum atomic E-state index is -0.288. The molecule has 1 nitrogen and oxygen atoms in total. The van der Waals surface area contributed by atoms with Crippen LogP contribution in [0, 0.1) is 12.3 Å². The van der Waals surface area contributed by atoms with Crippen molar-refractivity contribution in [2.24, 2.45) is 5.73 Å². The van der Waals surface area contributed by atoms with E-state index < -0.39 is 0 Å². The Morgan fingerprint density at radius 3 is 3.00 bits per heavy atom. The molecule has 0 spiro atoms. The molecule has 1 rings (SSSR count). The van der Waals surface area contributed by atoms with E-state index in [1.54, 1.807) is 0 Å². The molecule has 0 saturated carbocycles. The van der Waals surface area contributed by atoms with E-state index in [0.717, 1.165) is 6.42 Å². The maximum Gasteiger partial charge on any atom is 0.0488 e. The Morgan fingerprint density at radius 2 is 2.55 bits per heavy atom. The molecule has 0 bridgehead atoms. The summed E-state index contributed by atoms with van der Waals surface area (Å²) in [5.74, 6) is 2.58. The van der Waals surface area contributed by atoms with E-state index in [1.165, 1.54) is 3.58 Å². The quantitative estimate of drug-likeness (QED) is 0.565. The lowest BCUT2D eigenvalue weighted by Gasteiger charge is -2.24. The average molecular weight is 259 g/mol. The molecule has 2 N–H and O–H groups in total. The van der Waals surface area contributed by atoms with E-state index in [4.69, 9.17) is 12.2 Å². The van der Waals surface area contributed by atoms with Crippen molar-refractivity contribution in [3.8, 4) is 12.3 Å². The van der Waals surface area contributed by atoms with Crippen LogP contribution in [-0.4, -0.2) is 5.54 Å². The van der Waals surface area contributed by atoms with Crippen LogP contribution in [0.1, 0.15) is 12.8 Å². The second-order valence-electron chi connectivity index (χ2n) is 2.74. The number of hydrogen-bond acceptors (Lipinski definition) is 1. The lowest BCUT2D eigenvalue weighted by Crippen LogP contribution is -2.37. The number of allylic oxidation sites excluding steroid dienone is 2. The first kappa shape index (κ1) is 8.82. The molecule has 1 unspecified atom stereocenters. The van der Waals surface area contributed by atoms with E-state index in [-0.39, 0.29) is 5.54 Å². The minimum absolute atomic E-state index is 0.288. The van der Waals surface area contributed by atoms with Gasteiger partial charge in [0.05, 0.1) is 0 Å². The van der Waals surface area contributed by atoms with Gasteiger partial charge >= 0.3 is 0 Å². The van der Waals surface area contributed by atoms with E-state index in [9.17, 15) is 0 Å². The third kappa shape index (κ3) is 2.35. The molecule has 1 aliphatic rings. The molecule has 11 heavy (non-hydrogen) atoms. The monoisotopic (exact) mass is 259 g/mol. The lowest BCUT2D eigenvalue weighted by molar-refractivity contribution is 0.547. The van der Waals surface area contributed by atoms with Crippen LogP contribution in [0.2, 0.25) is 0 Å². The van der Waals surface area contributed by atoms with Gasteiger partial charge in [0, 0.05) is 15.5 Å². The van der Waals surface area contributed by atoms with Crippen molar-refractivity contribution in [2.45, 2.75) is 18.4 Å². The number of halogens is 1. The van der Waals surface area contributed by atoms with Crippen LogP contribution in [-0.2, 0) is 0 Å².